The van der Waals surface area contributed by atoms with Crippen molar-refractivity contribution in [3.63, 3.8) is 0 Å². The third-order valence-electron chi connectivity index (χ3n) is 6.42. The highest BCUT2D eigenvalue weighted by atomic mass is 32.2. The van der Waals surface area contributed by atoms with E-state index in [9.17, 15) is 13.2 Å². The Balaban J connectivity index is 1.37. The number of methoxy groups -OCH3 is 1. The van der Waals surface area contributed by atoms with Gasteiger partial charge in [-0.25, -0.2) is 18.9 Å². The Bertz CT molecular complexity index is 1310. The van der Waals surface area contributed by atoms with Crippen LogP contribution in [0.1, 0.15) is 30.7 Å². The van der Waals surface area contributed by atoms with Crippen LogP contribution in [-0.4, -0.2) is 56.2 Å². The number of carbonyl (C=O) groups is 1. The number of sulfone groups is 1. The molecule has 11 heteroatoms. The number of ether oxygens (including phenoxy) is 3. The minimum Gasteiger partial charge on any atom is -0.494 e. The van der Waals surface area contributed by atoms with Crippen molar-refractivity contribution in [3.8, 4) is 23.0 Å². The summed E-state index contributed by atoms with van der Waals surface area (Å²) in [6.45, 7) is 2.58. The highest BCUT2D eigenvalue weighted by molar-refractivity contribution is 7.93. The molecule has 37 heavy (non-hydrogen) atoms. The van der Waals surface area contributed by atoms with Crippen molar-refractivity contribution >= 4 is 15.7 Å². The van der Waals surface area contributed by atoms with E-state index in [4.69, 9.17) is 23.8 Å². The van der Waals surface area contributed by atoms with E-state index in [1.165, 1.54) is 24.7 Å². The van der Waals surface area contributed by atoms with Gasteiger partial charge in [-0.05, 0) is 50.5 Å². The van der Waals surface area contributed by atoms with Crippen molar-refractivity contribution < 1.29 is 37.0 Å². The first kappa shape index (κ1) is 26.6. The molecule has 10 nitrogen and oxygen atoms in total. The monoisotopic (exact) mass is 530 g/mol. The minimum absolute atomic E-state index is 0.0270. The molecule has 198 valence electrons. The fourth-order valence-electron chi connectivity index (χ4n) is 4.26. The van der Waals surface area contributed by atoms with Gasteiger partial charge in [-0.3, -0.25) is 10.0 Å². The fraction of sp³-hybridized carbons (Fsp3) is 0.385. The quantitative estimate of drug-likeness (QED) is 0.229. The molecule has 1 aromatic heterocycles. The average molecular weight is 531 g/mol. The molecule has 2 heterocycles. The van der Waals surface area contributed by atoms with Gasteiger partial charge in [-0.15, -0.1) is 0 Å². The van der Waals surface area contributed by atoms with Crippen LogP contribution < -0.4 is 15.0 Å². The summed E-state index contributed by atoms with van der Waals surface area (Å²) in [5.74, 6) is 0.414. The predicted molar refractivity (Wildman–Crippen MR) is 133 cm³/mol. The van der Waals surface area contributed by atoms with Crippen LogP contribution in [0.3, 0.4) is 0 Å². The Kier molecular flexibility index (Phi) is 8.16. The highest BCUT2D eigenvalue weighted by Crippen LogP contribution is 2.36. The van der Waals surface area contributed by atoms with Crippen LogP contribution >= 0.6 is 0 Å². The molecule has 1 aliphatic rings. The Morgan fingerprint density at radius 3 is 2.41 bits per heavy atom. The molecule has 0 spiro atoms. The summed E-state index contributed by atoms with van der Waals surface area (Å²) in [4.78, 5) is 16.9. The maximum atomic E-state index is 13.3. The molecular formula is C26H30N2O8S. The summed E-state index contributed by atoms with van der Waals surface area (Å²) in [5, 5.41) is 9.17. The fourth-order valence-corrected chi connectivity index (χ4v) is 6.20. The zero-order valence-corrected chi connectivity index (χ0v) is 21.5. The van der Waals surface area contributed by atoms with Crippen LogP contribution in [0, 0.1) is 6.92 Å². The van der Waals surface area contributed by atoms with Crippen molar-refractivity contribution in [2.75, 3.05) is 26.9 Å². The van der Waals surface area contributed by atoms with E-state index in [0.717, 1.165) is 11.1 Å². The van der Waals surface area contributed by atoms with Crippen LogP contribution in [0.4, 0.5) is 0 Å². The lowest BCUT2D eigenvalue weighted by atomic mass is 9.98. The molecule has 1 aliphatic heterocycles. The van der Waals surface area contributed by atoms with Crippen molar-refractivity contribution in [2.24, 2.45) is 0 Å². The summed E-state index contributed by atoms with van der Waals surface area (Å²) in [5.41, 5.74) is 4.21. The summed E-state index contributed by atoms with van der Waals surface area (Å²) < 4.78 is 46.9. The molecule has 1 saturated heterocycles. The Hall–Kier alpha value is -3.41. The second-order valence-electron chi connectivity index (χ2n) is 8.79. The second kappa shape index (κ2) is 11.3. The number of amides is 1. The van der Waals surface area contributed by atoms with Crippen LogP contribution in [0.25, 0.3) is 11.3 Å². The van der Waals surface area contributed by atoms with Crippen molar-refractivity contribution in [3.05, 3.63) is 60.0 Å². The van der Waals surface area contributed by atoms with Gasteiger partial charge in [-0.2, -0.15) is 0 Å². The van der Waals surface area contributed by atoms with Crippen LogP contribution in [0.5, 0.6) is 11.7 Å². The van der Waals surface area contributed by atoms with E-state index in [0.29, 0.717) is 42.7 Å². The van der Waals surface area contributed by atoms with Gasteiger partial charge in [0.2, 0.25) is 0 Å². The molecule has 2 N–H and O–H groups in total. The number of aromatic nitrogens is 1. The third kappa shape index (κ3) is 5.48. The number of oxazole rings is 1. The molecule has 2 aromatic carbocycles. The molecule has 0 bridgehead atoms. The van der Waals surface area contributed by atoms with E-state index in [2.05, 4.69) is 4.98 Å². The summed E-state index contributed by atoms with van der Waals surface area (Å²) in [6, 6.07) is 13.8. The number of hydroxylamine groups is 1. The van der Waals surface area contributed by atoms with Crippen LogP contribution in [0.15, 0.2) is 57.8 Å². The number of nitrogens with zero attached hydrogens (tertiary/aromatic N) is 1. The van der Waals surface area contributed by atoms with Gasteiger partial charge in [0.1, 0.15) is 5.75 Å². The van der Waals surface area contributed by atoms with Crippen molar-refractivity contribution in [1.29, 1.82) is 0 Å². The molecule has 4 rings (SSSR count). The molecular weight excluding hydrogens is 500 g/mol. The lowest BCUT2D eigenvalue weighted by molar-refractivity contribution is -0.134. The van der Waals surface area contributed by atoms with E-state index < -0.39 is 20.5 Å². The maximum absolute atomic E-state index is 13.3. The summed E-state index contributed by atoms with van der Waals surface area (Å²) >= 11 is 0. The lowest BCUT2D eigenvalue weighted by Crippen LogP contribution is -2.54. The zero-order valence-electron chi connectivity index (χ0n) is 20.7. The standard InChI is InChI=1S/C26H30N2O8S/c1-18-5-7-19(8-6-18)23-24(33-2)36-22(27-23)4-3-15-35-20-9-11-21(12-10-20)37(31,32)26(25(29)28-30)13-16-34-17-14-26/h5-12,30H,3-4,13-17H2,1-2H3,(H,28,29). The number of hydrogen-bond donors (Lipinski definition) is 2. The van der Waals surface area contributed by atoms with Gasteiger partial charge in [0.15, 0.2) is 26.2 Å². The summed E-state index contributed by atoms with van der Waals surface area (Å²) in [6.07, 6.45) is 1.04. The SMILES string of the molecule is COc1oc(CCCOc2ccc(S(=O)(=O)C3(C(=O)NO)CCOCC3)cc2)nc1-c1ccc(C)cc1. The Labute approximate surface area is 215 Å². The predicted octanol–water partition coefficient (Wildman–Crippen LogP) is 3.50. The maximum Gasteiger partial charge on any atom is 0.313 e. The van der Waals surface area contributed by atoms with Gasteiger partial charge in [0.25, 0.3) is 5.91 Å². The number of hydrogen-bond acceptors (Lipinski definition) is 9. The minimum atomic E-state index is -4.08. The van der Waals surface area contributed by atoms with Gasteiger partial charge in [0.05, 0.1) is 18.6 Å². The first-order valence-electron chi connectivity index (χ1n) is 11.9. The van der Waals surface area contributed by atoms with Gasteiger partial charge in [0, 0.05) is 25.2 Å². The van der Waals surface area contributed by atoms with Crippen LogP contribution in [-0.2, 0) is 25.8 Å². The first-order chi connectivity index (χ1) is 17.8. The van der Waals surface area contributed by atoms with Gasteiger partial charge in [-0.1, -0.05) is 29.8 Å². The number of rotatable bonds is 10. The van der Waals surface area contributed by atoms with E-state index in [1.54, 1.807) is 12.1 Å². The molecule has 1 amide bonds. The zero-order chi connectivity index (χ0) is 26.5. The molecule has 3 aromatic rings. The number of benzene rings is 2. The van der Waals surface area contributed by atoms with Gasteiger partial charge < -0.3 is 18.6 Å². The smallest absolute Gasteiger partial charge is 0.313 e. The number of carbonyl (C=O) groups excluding carboxylic acids is 1. The van der Waals surface area contributed by atoms with Crippen LogP contribution in [0.2, 0.25) is 0 Å². The number of aryl methyl sites for hydroxylation is 2. The second-order valence-corrected chi connectivity index (χ2v) is 11.0. The molecule has 0 saturated carbocycles. The van der Waals surface area contributed by atoms with Crippen molar-refractivity contribution in [2.45, 2.75) is 42.2 Å². The average Bonchev–Trinajstić information content (AvgIpc) is 3.35. The van der Waals surface area contributed by atoms with Gasteiger partial charge >= 0.3 is 5.95 Å². The molecule has 0 atom stereocenters. The highest BCUT2D eigenvalue weighted by Gasteiger charge is 2.52. The summed E-state index contributed by atoms with van der Waals surface area (Å²) in [7, 11) is -2.55. The van der Waals surface area contributed by atoms with E-state index in [1.807, 2.05) is 31.2 Å². The molecule has 0 aliphatic carbocycles. The number of nitrogens with one attached hydrogen (secondary N) is 1. The Morgan fingerprint density at radius 1 is 1.11 bits per heavy atom. The Morgan fingerprint density at radius 2 is 1.78 bits per heavy atom. The third-order valence-corrected chi connectivity index (χ3v) is 8.93. The first-order valence-corrected chi connectivity index (χ1v) is 13.4. The molecule has 0 unspecified atom stereocenters. The topological polar surface area (TPSA) is 137 Å². The molecule has 1 fully saturated rings. The lowest BCUT2D eigenvalue weighted by Gasteiger charge is -2.34. The molecule has 0 radical (unpaired) electrons. The van der Waals surface area contributed by atoms with E-state index >= 15 is 0 Å². The van der Waals surface area contributed by atoms with Crippen molar-refractivity contribution in [1.82, 2.24) is 10.5 Å². The van der Waals surface area contributed by atoms with E-state index in [-0.39, 0.29) is 31.0 Å². The normalized spacial score (nSPS) is 15.2. The largest absolute Gasteiger partial charge is 0.494 e.